The van der Waals surface area contributed by atoms with E-state index in [4.69, 9.17) is 4.74 Å². The molecule has 0 aliphatic carbocycles. The van der Waals surface area contributed by atoms with Crippen LogP contribution in [0.3, 0.4) is 0 Å². The molecule has 2 atom stereocenters. The summed E-state index contributed by atoms with van der Waals surface area (Å²) in [6.07, 6.45) is 2.82. The molecule has 4 rings (SSSR count). The van der Waals surface area contributed by atoms with Gasteiger partial charge in [0.15, 0.2) is 10.9 Å². The van der Waals surface area contributed by atoms with Crippen molar-refractivity contribution < 1.29 is 9.84 Å². The van der Waals surface area contributed by atoms with E-state index < -0.39 is 5.72 Å². The molecule has 0 bridgehead atoms. The highest BCUT2D eigenvalue weighted by Gasteiger charge is 2.52. The number of amidine groups is 1. The van der Waals surface area contributed by atoms with Crippen molar-refractivity contribution in [3.05, 3.63) is 65.7 Å². The Morgan fingerprint density at radius 3 is 2.63 bits per heavy atom. The molecule has 0 spiro atoms. The van der Waals surface area contributed by atoms with Crippen molar-refractivity contribution in [3.8, 4) is 5.75 Å². The average Bonchev–Trinajstić information content (AvgIpc) is 3.00. The summed E-state index contributed by atoms with van der Waals surface area (Å²) < 4.78 is 5.28. The minimum Gasteiger partial charge on any atom is -0.497 e. The Morgan fingerprint density at radius 2 is 1.93 bits per heavy atom. The molecule has 0 saturated carbocycles. The molecule has 1 N–H and O–H groups in total. The van der Waals surface area contributed by atoms with Crippen molar-refractivity contribution in [3.63, 3.8) is 0 Å². The third-order valence-corrected chi connectivity index (χ3v) is 6.59. The number of rotatable bonds is 5. The van der Waals surface area contributed by atoms with E-state index in [1.54, 1.807) is 18.9 Å². The van der Waals surface area contributed by atoms with E-state index >= 15 is 0 Å². The number of benzene rings is 2. The number of methoxy groups -OCH3 is 1. The zero-order valence-corrected chi connectivity index (χ0v) is 17.9. The van der Waals surface area contributed by atoms with E-state index in [0.717, 1.165) is 48.8 Å². The number of aryl methyl sites for hydroxylation is 1. The SMILES string of the molecule is Br.COc1ccc(C2(O)C(CCc3ccccc3)SC3=NCCCN32)cc1. The topological polar surface area (TPSA) is 45.1 Å². The first-order chi connectivity index (χ1) is 12.7. The lowest BCUT2D eigenvalue weighted by Gasteiger charge is -2.39. The van der Waals surface area contributed by atoms with Gasteiger partial charge in [0.05, 0.1) is 12.4 Å². The number of aliphatic imine (C=N–C) groups is 1. The Kier molecular flexibility index (Phi) is 6.50. The lowest BCUT2D eigenvalue weighted by Crippen LogP contribution is -2.50. The first-order valence-electron chi connectivity index (χ1n) is 9.11. The van der Waals surface area contributed by atoms with Crippen LogP contribution < -0.4 is 4.74 Å². The van der Waals surface area contributed by atoms with Crippen LogP contribution in [-0.4, -0.2) is 40.6 Å². The number of nitrogens with zero attached hydrogens (tertiary/aromatic N) is 2. The standard InChI is InChI=1S/C21H24N2O2S.BrH/c1-25-18-11-9-17(10-12-18)21(24)19(13-8-16-6-3-2-4-7-16)26-20-22-14-5-15-23(20)21;/h2-4,6-7,9-12,19,24H,5,8,13-15H2,1H3;1H. The number of thioether (sulfide) groups is 1. The van der Waals surface area contributed by atoms with E-state index in [1.165, 1.54) is 5.56 Å². The normalized spacial score (nSPS) is 24.0. The van der Waals surface area contributed by atoms with Gasteiger partial charge in [-0.3, -0.25) is 4.99 Å². The van der Waals surface area contributed by atoms with Crippen LogP contribution in [-0.2, 0) is 12.1 Å². The zero-order valence-electron chi connectivity index (χ0n) is 15.4. The lowest BCUT2D eigenvalue weighted by molar-refractivity contribution is -0.0735. The number of aliphatic hydroxyl groups is 1. The van der Waals surface area contributed by atoms with Crippen LogP contribution in [0, 0.1) is 0 Å². The maximum Gasteiger partial charge on any atom is 0.178 e. The van der Waals surface area contributed by atoms with Gasteiger partial charge in [-0.2, -0.15) is 0 Å². The molecule has 2 heterocycles. The van der Waals surface area contributed by atoms with Gasteiger partial charge in [-0.1, -0.05) is 54.2 Å². The highest BCUT2D eigenvalue weighted by Crippen LogP contribution is 2.48. The van der Waals surface area contributed by atoms with Crippen molar-refractivity contribution in [2.45, 2.75) is 30.2 Å². The molecule has 0 radical (unpaired) electrons. The largest absolute Gasteiger partial charge is 0.497 e. The summed E-state index contributed by atoms with van der Waals surface area (Å²) in [4.78, 5) is 6.77. The Balaban J connectivity index is 0.00000210. The van der Waals surface area contributed by atoms with Crippen molar-refractivity contribution in [2.75, 3.05) is 20.2 Å². The molecule has 0 aromatic heterocycles. The van der Waals surface area contributed by atoms with Gasteiger partial charge in [-0.05, 0) is 37.0 Å². The second-order valence-corrected chi connectivity index (χ2v) is 7.92. The highest BCUT2D eigenvalue weighted by atomic mass is 79.9. The second kappa shape index (κ2) is 8.67. The molecule has 2 unspecified atom stereocenters. The van der Waals surface area contributed by atoms with Gasteiger partial charge in [0.1, 0.15) is 5.75 Å². The quantitative estimate of drug-likeness (QED) is 0.742. The Bertz CT molecular complexity index is 785. The fourth-order valence-electron chi connectivity index (χ4n) is 3.77. The van der Waals surface area contributed by atoms with Crippen molar-refractivity contribution in [1.82, 2.24) is 4.90 Å². The highest BCUT2D eigenvalue weighted by molar-refractivity contribution is 8.93. The maximum atomic E-state index is 11.8. The minimum absolute atomic E-state index is 0. The molecule has 4 nitrogen and oxygen atoms in total. The van der Waals surface area contributed by atoms with E-state index in [0.29, 0.717) is 0 Å². The summed E-state index contributed by atoms with van der Waals surface area (Å²) in [6.45, 7) is 1.69. The minimum atomic E-state index is -1.02. The molecule has 2 aliphatic rings. The fraction of sp³-hybridized carbons (Fsp3) is 0.381. The molecule has 2 aromatic carbocycles. The zero-order chi connectivity index (χ0) is 18.0. The van der Waals surface area contributed by atoms with Gasteiger partial charge < -0.3 is 14.7 Å². The predicted molar refractivity (Wildman–Crippen MR) is 117 cm³/mol. The van der Waals surface area contributed by atoms with Crippen LogP contribution in [0.4, 0.5) is 0 Å². The first-order valence-corrected chi connectivity index (χ1v) is 9.99. The molecule has 1 saturated heterocycles. The first kappa shape index (κ1) is 20.2. The summed E-state index contributed by atoms with van der Waals surface area (Å²) >= 11 is 1.72. The number of ether oxygens (including phenoxy) is 1. The molecule has 2 aliphatic heterocycles. The van der Waals surface area contributed by atoms with Gasteiger partial charge in [0, 0.05) is 18.7 Å². The lowest BCUT2D eigenvalue weighted by atomic mass is 9.93. The van der Waals surface area contributed by atoms with Crippen molar-refractivity contribution in [2.24, 2.45) is 4.99 Å². The van der Waals surface area contributed by atoms with Crippen LogP contribution in [0.2, 0.25) is 0 Å². The van der Waals surface area contributed by atoms with Crippen LogP contribution >= 0.6 is 28.7 Å². The van der Waals surface area contributed by atoms with Crippen molar-refractivity contribution >= 4 is 33.9 Å². The predicted octanol–water partition coefficient (Wildman–Crippen LogP) is 4.23. The summed E-state index contributed by atoms with van der Waals surface area (Å²) in [5, 5.41) is 12.9. The molecule has 0 amide bonds. The molecular formula is C21H25BrN2O2S. The number of hydrogen-bond donors (Lipinski definition) is 1. The molecule has 6 heteroatoms. The van der Waals surface area contributed by atoms with Crippen LogP contribution in [0.25, 0.3) is 0 Å². The third-order valence-electron chi connectivity index (χ3n) is 5.18. The smallest absolute Gasteiger partial charge is 0.178 e. The fourth-order valence-corrected chi connectivity index (χ4v) is 5.21. The maximum absolute atomic E-state index is 11.8. The summed E-state index contributed by atoms with van der Waals surface area (Å²) in [5.41, 5.74) is 1.19. The Hall–Kier alpha value is -1.50. The van der Waals surface area contributed by atoms with E-state index in [9.17, 15) is 5.11 Å². The van der Waals surface area contributed by atoms with Crippen LogP contribution in [0.15, 0.2) is 59.6 Å². The van der Waals surface area contributed by atoms with E-state index in [2.05, 4.69) is 34.2 Å². The molecule has 27 heavy (non-hydrogen) atoms. The third kappa shape index (κ3) is 3.89. The summed E-state index contributed by atoms with van der Waals surface area (Å²) in [7, 11) is 1.66. The number of hydrogen-bond acceptors (Lipinski definition) is 5. The Morgan fingerprint density at radius 1 is 1.19 bits per heavy atom. The molecule has 1 fully saturated rings. The summed E-state index contributed by atoms with van der Waals surface area (Å²) in [5.74, 6) is 0.802. The second-order valence-electron chi connectivity index (χ2n) is 6.75. The molecule has 144 valence electrons. The van der Waals surface area contributed by atoms with Gasteiger partial charge in [-0.15, -0.1) is 17.0 Å². The van der Waals surface area contributed by atoms with Crippen molar-refractivity contribution in [1.29, 1.82) is 0 Å². The van der Waals surface area contributed by atoms with Gasteiger partial charge in [0.25, 0.3) is 0 Å². The van der Waals surface area contributed by atoms with E-state index in [1.807, 2.05) is 30.3 Å². The summed E-state index contributed by atoms with van der Waals surface area (Å²) in [6, 6.07) is 18.3. The van der Waals surface area contributed by atoms with Crippen LogP contribution in [0.5, 0.6) is 5.75 Å². The van der Waals surface area contributed by atoms with Gasteiger partial charge >= 0.3 is 0 Å². The molecule has 2 aromatic rings. The van der Waals surface area contributed by atoms with Crippen LogP contribution in [0.1, 0.15) is 24.0 Å². The average molecular weight is 449 g/mol. The molecular weight excluding hydrogens is 424 g/mol. The Labute approximate surface area is 175 Å². The number of halogens is 1. The van der Waals surface area contributed by atoms with Gasteiger partial charge in [0.2, 0.25) is 0 Å². The van der Waals surface area contributed by atoms with Gasteiger partial charge in [-0.25, -0.2) is 0 Å². The number of fused-ring (bicyclic) bond motifs is 1. The van der Waals surface area contributed by atoms with E-state index in [-0.39, 0.29) is 22.2 Å². The monoisotopic (exact) mass is 448 g/mol.